The zero-order valence-electron chi connectivity index (χ0n) is 12.0. The third-order valence-corrected chi connectivity index (χ3v) is 3.98. The van der Waals surface area contributed by atoms with Crippen molar-refractivity contribution in [2.45, 2.75) is 72.3 Å². The largest absolute Gasteiger partial charge is 0.312 e. The topological polar surface area (TPSA) is 12.0 Å². The fourth-order valence-corrected chi connectivity index (χ4v) is 2.93. The monoisotopic (exact) mass is 225 g/mol. The van der Waals surface area contributed by atoms with Crippen LogP contribution in [-0.2, 0) is 0 Å². The molecule has 1 heteroatoms. The van der Waals surface area contributed by atoms with Crippen LogP contribution in [0, 0.1) is 17.8 Å². The average Bonchev–Trinajstić information content (AvgIpc) is 2.17. The Morgan fingerprint density at radius 3 is 2.06 bits per heavy atom. The van der Waals surface area contributed by atoms with Crippen molar-refractivity contribution in [2.75, 3.05) is 6.54 Å². The molecule has 96 valence electrons. The highest BCUT2D eigenvalue weighted by Gasteiger charge is 2.26. The van der Waals surface area contributed by atoms with Gasteiger partial charge in [0.15, 0.2) is 0 Å². The Balaban J connectivity index is 2.46. The minimum atomic E-state index is 0.266. The van der Waals surface area contributed by atoms with E-state index in [4.69, 9.17) is 0 Å². The normalized spacial score (nSPS) is 21.4. The van der Waals surface area contributed by atoms with Crippen LogP contribution >= 0.6 is 0 Å². The maximum absolute atomic E-state index is 3.70. The molecule has 0 radical (unpaired) electrons. The Kier molecular flexibility index (Phi) is 5.30. The van der Waals surface area contributed by atoms with Gasteiger partial charge in [0.05, 0.1) is 0 Å². The molecule has 1 aliphatic rings. The molecule has 0 spiro atoms. The summed E-state index contributed by atoms with van der Waals surface area (Å²) in [5.74, 6) is 2.67. The second-order valence-corrected chi connectivity index (χ2v) is 6.94. The van der Waals surface area contributed by atoms with Crippen molar-refractivity contribution in [1.29, 1.82) is 0 Å². The zero-order valence-corrected chi connectivity index (χ0v) is 12.0. The van der Waals surface area contributed by atoms with Gasteiger partial charge in [0.25, 0.3) is 0 Å². The Labute approximate surface area is 102 Å². The molecule has 0 aromatic rings. The summed E-state index contributed by atoms with van der Waals surface area (Å²) in [5, 5.41) is 3.70. The summed E-state index contributed by atoms with van der Waals surface area (Å²) in [6.07, 6.45) is 7.32. The van der Waals surface area contributed by atoms with Crippen LogP contribution < -0.4 is 5.32 Å². The quantitative estimate of drug-likeness (QED) is 0.755. The number of hydrogen-bond acceptors (Lipinski definition) is 1. The van der Waals surface area contributed by atoms with Crippen molar-refractivity contribution in [2.24, 2.45) is 17.8 Å². The lowest BCUT2D eigenvalue weighted by Crippen LogP contribution is -2.42. The van der Waals surface area contributed by atoms with Crippen LogP contribution in [0.25, 0.3) is 0 Å². The van der Waals surface area contributed by atoms with Gasteiger partial charge in [0.2, 0.25) is 0 Å². The first-order chi connectivity index (χ1) is 7.40. The molecule has 0 aliphatic heterocycles. The van der Waals surface area contributed by atoms with Crippen molar-refractivity contribution in [3.63, 3.8) is 0 Å². The van der Waals surface area contributed by atoms with Crippen LogP contribution in [0.2, 0.25) is 0 Å². The summed E-state index contributed by atoms with van der Waals surface area (Å²) < 4.78 is 0. The Morgan fingerprint density at radius 2 is 1.62 bits per heavy atom. The molecule has 1 atom stereocenters. The highest BCUT2D eigenvalue weighted by Crippen LogP contribution is 2.33. The van der Waals surface area contributed by atoms with E-state index in [-0.39, 0.29) is 5.54 Å². The van der Waals surface area contributed by atoms with Gasteiger partial charge in [-0.15, -0.1) is 0 Å². The molecular weight excluding hydrogens is 194 g/mol. The Hall–Kier alpha value is -0.0400. The fraction of sp³-hybridized carbons (Fsp3) is 1.00. The molecule has 1 aliphatic carbocycles. The van der Waals surface area contributed by atoms with Gasteiger partial charge >= 0.3 is 0 Å². The summed E-state index contributed by atoms with van der Waals surface area (Å²) in [6.45, 7) is 12.8. The molecule has 0 bridgehead atoms. The molecule has 0 aromatic heterocycles. The Morgan fingerprint density at radius 1 is 1.06 bits per heavy atom. The van der Waals surface area contributed by atoms with Gasteiger partial charge < -0.3 is 5.32 Å². The molecule has 1 saturated carbocycles. The van der Waals surface area contributed by atoms with Gasteiger partial charge in [0, 0.05) is 5.54 Å². The summed E-state index contributed by atoms with van der Waals surface area (Å²) in [6, 6.07) is 0. The van der Waals surface area contributed by atoms with E-state index in [9.17, 15) is 0 Å². The van der Waals surface area contributed by atoms with Gasteiger partial charge in [-0.05, 0) is 45.1 Å². The lowest BCUT2D eigenvalue weighted by atomic mass is 9.75. The first-order valence-electron chi connectivity index (χ1n) is 7.15. The van der Waals surface area contributed by atoms with Gasteiger partial charge in [0.1, 0.15) is 0 Å². The molecule has 16 heavy (non-hydrogen) atoms. The number of rotatable bonds is 4. The average molecular weight is 225 g/mol. The third-order valence-electron chi connectivity index (χ3n) is 3.98. The first-order valence-corrected chi connectivity index (χ1v) is 7.15. The van der Waals surface area contributed by atoms with Crippen molar-refractivity contribution in [3.05, 3.63) is 0 Å². The van der Waals surface area contributed by atoms with E-state index in [1.54, 1.807) is 0 Å². The van der Waals surface area contributed by atoms with E-state index in [0.717, 1.165) is 17.8 Å². The fourth-order valence-electron chi connectivity index (χ4n) is 2.93. The van der Waals surface area contributed by atoms with Crippen molar-refractivity contribution >= 4 is 0 Å². The molecule has 0 aromatic carbocycles. The van der Waals surface area contributed by atoms with E-state index >= 15 is 0 Å². The van der Waals surface area contributed by atoms with E-state index in [0.29, 0.717) is 0 Å². The van der Waals surface area contributed by atoms with E-state index in [2.05, 4.69) is 39.9 Å². The summed E-state index contributed by atoms with van der Waals surface area (Å²) in [4.78, 5) is 0. The molecule has 0 saturated heterocycles. The molecular formula is C15H31N. The van der Waals surface area contributed by atoms with Crippen LogP contribution in [0.15, 0.2) is 0 Å². The predicted octanol–water partition coefficient (Wildman–Crippen LogP) is 4.23. The lowest BCUT2D eigenvalue weighted by molar-refractivity contribution is 0.179. The lowest BCUT2D eigenvalue weighted by Gasteiger charge is -2.35. The van der Waals surface area contributed by atoms with Gasteiger partial charge in [-0.1, -0.05) is 46.0 Å². The number of hydrogen-bond donors (Lipinski definition) is 1. The van der Waals surface area contributed by atoms with E-state index < -0.39 is 0 Å². The third kappa shape index (κ3) is 4.86. The molecule has 1 N–H and O–H groups in total. The van der Waals surface area contributed by atoms with Crippen molar-refractivity contribution < 1.29 is 0 Å². The van der Waals surface area contributed by atoms with Crippen molar-refractivity contribution in [1.82, 2.24) is 5.32 Å². The van der Waals surface area contributed by atoms with E-state index in [1.807, 2.05) is 0 Å². The minimum Gasteiger partial charge on any atom is -0.312 e. The second kappa shape index (κ2) is 6.05. The highest BCUT2D eigenvalue weighted by molar-refractivity contribution is 4.81. The standard InChI is InChI=1S/C15H31N/c1-12(2)14(11-16-15(3,4)5)13-9-7-6-8-10-13/h12-14,16H,6-11H2,1-5H3. The second-order valence-electron chi connectivity index (χ2n) is 6.94. The van der Waals surface area contributed by atoms with Crippen LogP contribution in [0.3, 0.4) is 0 Å². The molecule has 1 rings (SSSR count). The summed E-state index contributed by atoms with van der Waals surface area (Å²) in [5.41, 5.74) is 0.266. The summed E-state index contributed by atoms with van der Waals surface area (Å²) >= 11 is 0. The summed E-state index contributed by atoms with van der Waals surface area (Å²) in [7, 11) is 0. The van der Waals surface area contributed by atoms with Crippen LogP contribution in [-0.4, -0.2) is 12.1 Å². The smallest absolute Gasteiger partial charge is 0.00966 e. The minimum absolute atomic E-state index is 0.266. The maximum atomic E-state index is 3.70. The highest BCUT2D eigenvalue weighted by atomic mass is 14.9. The molecule has 1 unspecified atom stereocenters. The zero-order chi connectivity index (χ0) is 12.2. The SMILES string of the molecule is CC(C)C(CNC(C)(C)C)C1CCCCC1. The van der Waals surface area contributed by atoms with Crippen LogP contribution in [0.5, 0.6) is 0 Å². The van der Waals surface area contributed by atoms with Crippen molar-refractivity contribution in [3.8, 4) is 0 Å². The molecule has 1 fully saturated rings. The Bertz CT molecular complexity index is 184. The van der Waals surface area contributed by atoms with Crippen LogP contribution in [0.4, 0.5) is 0 Å². The van der Waals surface area contributed by atoms with Gasteiger partial charge in [-0.25, -0.2) is 0 Å². The van der Waals surface area contributed by atoms with E-state index in [1.165, 1.54) is 38.6 Å². The maximum Gasteiger partial charge on any atom is 0.00966 e. The van der Waals surface area contributed by atoms with Gasteiger partial charge in [-0.2, -0.15) is 0 Å². The predicted molar refractivity (Wildman–Crippen MR) is 72.7 cm³/mol. The molecule has 0 heterocycles. The first kappa shape index (κ1) is 14.0. The molecule has 0 amide bonds. The number of nitrogens with one attached hydrogen (secondary N) is 1. The van der Waals surface area contributed by atoms with Crippen LogP contribution in [0.1, 0.15) is 66.7 Å². The van der Waals surface area contributed by atoms with Gasteiger partial charge in [-0.3, -0.25) is 0 Å². The molecule has 1 nitrogen and oxygen atoms in total.